The van der Waals surface area contributed by atoms with Gasteiger partial charge in [-0.25, -0.2) is 0 Å². The highest BCUT2D eigenvalue weighted by Gasteiger charge is 2.58. The molecule has 0 aliphatic heterocycles. The maximum atomic E-state index is 6.51. The second-order valence-corrected chi connectivity index (χ2v) is 13.9. The summed E-state index contributed by atoms with van der Waals surface area (Å²) in [6.45, 7) is 17.5. The van der Waals surface area contributed by atoms with Gasteiger partial charge in [-0.15, -0.1) is 0 Å². The Morgan fingerprint density at radius 3 is 2.47 bits per heavy atom. The van der Waals surface area contributed by atoms with E-state index in [1.807, 2.05) is 5.57 Å². The van der Waals surface area contributed by atoms with Gasteiger partial charge in [0.25, 0.3) is 0 Å². The lowest BCUT2D eigenvalue weighted by Crippen LogP contribution is -2.54. The Morgan fingerprint density at radius 2 is 1.74 bits per heavy atom. The molecule has 1 saturated carbocycles. The number of hydrogen-bond acceptors (Lipinski definition) is 2. The molecular weight excluding hydrogens is 464 g/mol. The summed E-state index contributed by atoms with van der Waals surface area (Å²) >= 11 is 0. The van der Waals surface area contributed by atoms with E-state index in [0.29, 0.717) is 29.3 Å². The first-order valence-electron chi connectivity index (χ1n) is 15.5. The van der Waals surface area contributed by atoms with Crippen molar-refractivity contribution in [3.05, 3.63) is 64.8 Å². The SMILES string of the molecule is CCOC(C)OC1CC[C@]2(C)C3=C(CCC2C1(C)C)C1=CC[C@H]([C@H](C)C/C=C\c2ccccc2)[C@@]1(C)CC3. The Bertz CT molecular complexity index is 1080. The van der Waals surface area contributed by atoms with Crippen LogP contribution in [0.15, 0.2) is 59.2 Å². The van der Waals surface area contributed by atoms with Crippen LogP contribution in [0.4, 0.5) is 0 Å². The Labute approximate surface area is 233 Å². The fourth-order valence-corrected chi connectivity index (χ4v) is 9.46. The van der Waals surface area contributed by atoms with E-state index in [2.05, 4.69) is 97.0 Å². The lowest BCUT2D eigenvalue weighted by atomic mass is 9.46. The zero-order valence-electron chi connectivity index (χ0n) is 25.2. The Kier molecular flexibility index (Phi) is 7.88. The van der Waals surface area contributed by atoms with Gasteiger partial charge in [-0.1, -0.05) is 88.8 Å². The number of ether oxygens (including phenoxy) is 2. The lowest BCUT2D eigenvalue weighted by Gasteiger charge is -2.60. The second kappa shape index (κ2) is 10.7. The number of allylic oxidation sites excluding steroid dienone is 5. The van der Waals surface area contributed by atoms with E-state index in [4.69, 9.17) is 9.47 Å². The van der Waals surface area contributed by atoms with Crippen molar-refractivity contribution in [2.75, 3.05) is 6.61 Å². The van der Waals surface area contributed by atoms with Gasteiger partial charge in [0.05, 0.1) is 6.10 Å². The summed E-state index contributed by atoms with van der Waals surface area (Å²) in [5.74, 6) is 2.12. The normalized spacial score (nSPS) is 35.9. The van der Waals surface area contributed by atoms with Crippen LogP contribution in [0.3, 0.4) is 0 Å². The lowest BCUT2D eigenvalue weighted by molar-refractivity contribution is -0.214. The number of fused-ring (bicyclic) bond motifs is 4. The van der Waals surface area contributed by atoms with E-state index < -0.39 is 0 Å². The van der Waals surface area contributed by atoms with Crippen LogP contribution in [-0.4, -0.2) is 19.0 Å². The van der Waals surface area contributed by atoms with Gasteiger partial charge < -0.3 is 9.47 Å². The molecule has 3 unspecified atom stereocenters. The van der Waals surface area contributed by atoms with Crippen molar-refractivity contribution in [3.8, 4) is 0 Å². The highest BCUT2D eigenvalue weighted by Crippen LogP contribution is 2.67. The second-order valence-electron chi connectivity index (χ2n) is 13.9. The predicted octanol–water partition coefficient (Wildman–Crippen LogP) is 9.77. The number of rotatable bonds is 8. The molecule has 7 atom stereocenters. The molecule has 2 nitrogen and oxygen atoms in total. The quantitative estimate of drug-likeness (QED) is 0.320. The van der Waals surface area contributed by atoms with E-state index in [1.54, 1.807) is 11.1 Å². The maximum Gasteiger partial charge on any atom is 0.155 e. The fourth-order valence-electron chi connectivity index (χ4n) is 9.46. The van der Waals surface area contributed by atoms with E-state index in [9.17, 15) is 0 Å². The zero-order valence-corrected chi connectivity index (χ0v) is 25.2. The standard InChI is InChI=1S/C36H52O2/c1-8-37-26(3)38-33-22-24-36(7)31-21-23-35(6)29(25(2)13-12-16-27-14-10-9-11-15-27)18-19-30(35)28(31)17-20-32(36)34(33,4)5/h9-12,14-16,19,25-26,29,32-33H,8,13,17-18,20-24H2,1-7H3/b16-12-/t25-,26?,29-,32?,33?,35-,36-/m1/s1. The predicted molar refractivity (Wildman–Crippen MR) is 160 cm³/mol. The molecule has 1 aromatic rings. The molecular formula is C36H52O2. The largest absolute Gasteiger partial charge is 0.353 e. The van der Waals surface area contributed by atoms with Gasteiger partial charge in [-0.3, -0.25) is 0 Å². The van der Waals surface area contributed by atoms with Gasteiger partial charge in [0.1, 0.15) is 0 Å². The van der Waals surface area contributed by atoms with Gasteiger partial charge in [0, 0.05) is 6.61 Å². The minimum Gasteiger partial charge on any atom is -0.353 e. The molecule has 2 heteroatoms. The summed E-state index contributed by atoms with van der Waals surface area (Å²) in [4.78, 5) is 0. The molecule has 208 valence electrons. The minimum atomic E-state index is -0.118. The summed E-state index contributed by atoms with van der Waals surface area (Å²) in [6, 6.07) is 10.7. The molecule has 0 radical (unpaired) electrons. The first-order valence-corrected chi connectivity index (χ1v) is 15.5. The van der Waals surface area contributed by atoms with Gasteiger partial charge in [-0.2, -0.15) is 0 Å². The summed E-state index contributed by atoms with van der Waals surface area (Å²) in [7, 11) is 0. The smallest absolute Gasteiger partial charge is 0.155 e. The van der Waals surface area contributed by atoms with Crippen molar-refractivity contribution < 1.29 is 9.47 Å². The van der Waals surface area contributed by atoms with Gasteiger partial charge in [0.2, 0.25) is 0 Å². The van der Waals surface area contributed by atoms with Crippen molar-refractivity contribution in [1.82, 2.24) is 0 Å². The average Bonchev–Trinajstić information content (AvgIpc) is 3.24. The molecule has 0 bridgehead atoms. The molecule has 5 rings (SSSR count). The van der Waals surface area contributed by atoms with Crippen molar-refractivity contribution in [2.24, 2.45) is 34.0 Å². The van der Waals surface area contributed by atoms with Gasteiger partial charge in [-0.05, 0) is 116 Å². The maximum absolute atomic E-state index is 6.51. The van der Waals surface area contributed by atoms with Crippen LogP contribution in [0, 0.1) is 34.0 Å². The molecule has 0 heterocycles. The Morgan fingerprint density at radius 1 is 0.974 bits per heavy atom. The van der Waals surface area contributed by atoms with E-state index in [1.165, 1.54) is 44.1 Å². The third-order valence-electron chi connectivity index (χ3n) is 11.5. The monoisotopic (exact) mass is 516 g/mol. The summed E-state index contributed by atoms with van der Waals surface area (Å²) in [6.07, 6.45) is 17.5. The third-order valence-corrected chi connectivity index (χ3v) is 11.5. The molecule has 0 N–H and O–H groups in total. The van der Waals surface area contributed by atoms with Crippen molar-refractivity contribution in [3.63, 3.8) is 0 Å². The molecule has 0 saturated heterocycles. The van der Waals surface area contributed by atoms with Crippen LogP contribution < -0.4 is 0 Å². The third kappa shape index (κ3) is 4.79. The van der Waals surface area contributed by atoms with Crippen LogP contribution in [0.1, 0.15) is 105 Å². The van der Waals surface area contributed by atoms with Crippen LogP contribution in [0.5, 0.6) is 0 Å². The first kappa shape index (κ1) is 27.9. The summed E-state index contributed by atoms with van der Waals surface area (Å²) in [5, 5.41) is 0. The first-order chi connectivity index (χ1) is 18.1. The average molecular weight is 517 g/mol. The minimum absolute atomic E-state index is 0.118. The van der Waals surface area contributed by atoms with E-state index in [0.717, 1.165) is 18.8 Å². The highest BCUT2D eigenvalue weighted by atomic mass is 16.7. The molecule has 4 aliphatic carbocycles. The van der Waals surface area contributed by atoms with Gasteiger partial charge in [0.15, 0.2) is 6.29 Å². The highest BCUT2D eigenvalue weighted by molar-refractivity contribution is 5.51. The number of benzene rings is 1. The van der Waals surface area contributed by atoms with Crippen LogP contribution in [0.2, 0.25) is 0 Å². The van der Waals surface area contributed by atoms with Crippen LogP contribution in [0.25, 0.3) is 6.08 Å². The van der Waals surface area contributed by atoms with E-state index >= 15 is 0 Å². The molecule has 0 aromatic heterocycles. The number of hydrogen-bond donors (Lipinski definition) is 0. The summed E-state index contributed by atoms with van der Waals surface area (Å²) < 4.78 is 12.3. The van der Waals surface area contributed by atoms with Crippen molar-refractivity contribution >= 4 is 6.08 Å². The van der Waals surface area contributed by atoms with Crippen molar-refractivity contribution in [2.45, 2.75) is 112 Å². The van der Waals surface area contributed by atoms with Gasteiger partial charge >= 0.3 is 0 Å². The Balaban J connectivity index is 1.33. The molecule has 38 heavy (non-hydrogen) atoms. The summed E-state index contributed by atoms with van der Waals surface area (Å²) in [5.41, 5.74) is 7.43. The zero-order chi connectivity index (χ0) is 27.1. The topological polar surface area (TPSA) is 18.5 Å². The Hall–Kier alpha value is -1.64. The molecule has 4 aliphatic rings. The van der Waals surface area contributed by atoms with Crippen molar-refractivity contribution in [1.29, 1.82) is 0 Å². The van der Waals surface area contributed by atoms with E-state index in [-0.39, 0.29) is 17.8 Å². The molecule has 1 fully saturated rings. The van der Waals surface area contributed by atoms with Crippen LogP contribution >= 0.6 is 0 Å². The fraction of sp³-hybridized carbons (Fsp3) is 0.667. The van der Waals surface area contributed by atoms with Crippen LogP contribution in [-0.2, 0) is 9.47 Å². The molecule has 1 aromatic carbocycles. The molecule has 0 amide bonds. The molecule has 0 spiro atoms.